The van der Waals surface area contributed by atoms with Gasteiger partial charge in [-0.25, -0.2) is 0 Å². The Morgan fingerprint density at radius 2 is 1.38 bits per heavy atom. The Morgan fingerprint density at radius 3 is 1.90 bits per heavy atom. The highest BCUT2D eigenvalue weighted by Crippen LogP contribution is 2.32. The highest BCUT2D eigenvalue weighted by Gasteiger charge is 2.20. The number of aryl methyl sites for hydroxylation is 1. The van der Waals surface area contributed by atoms with Crippen LogP contribution in [0.4, 0.5) is 0 Å². The maximum atomic E-state index is 9.43. The van der Waals surface area contributed by atoms with E-state index in [2.05, 4.69) is 0 Å². The first kappa shape index (κ1) is 14.1. The summed E-state index contributed by atoms with van der Waals surface area (Å²) in [6.45, 7) is 2.02. The van der Waals surface area contributed by atoms with E-state index in [4.69, 9.17) is 0 Å². The van der Waals surface area contributed by atoms with Crippen LogP contribution in [0.15, 0.2) is 18.2 Å². The largest absolute Gasteiger partial charge is 0.192 e. The molecule has 0 amide bonds. The van der Waals surface area contributed by atoms with E-state index in [0.717, 1.165) is 18.4 Å². The zero-order valence-electron chi connectivity index (χ0n) is 11.4. The van der Waals surface area contributed by atoms with Gasteiger partial charge >= 0.3 is 0 Å². The average molecular weight is 270 g/mol. The molecule has 0 aliphatic rings. The molecule has 2 aromatic rings. The van der Waals surface area contributed by atoms with Crippen LogP contribution < -0.4 is 0 Å². The van der Waals surface area contributed by atoms with E-state index in [1.54, 1.807) is 6.07 Å². The van der Waals surface area contributed by atoms with Gasteiger partial charge in [0.05, 0.1) is 22.3 Å². The molecule has 0 atom stereocenters. The summed E-state index contributed by atoms with van der Waals surface area (Å²) in [5.74, 6) is 0. The maximum absolute atomic E-state index is 9.43. The Hall–Kier alpha value is -3.34. The summed E-state index contributed by atoms with van der Waals surface area (Å²) in [5.41, 5.74) is 1.25. The Balaban J connectivity index is 3.16. The number of hydrogen-bond donors (Lipinski definition) is 0. The first-order valence-electron chi connectivity index (χ1n) is 6.45. The summed E-state index contributed by atoms with van der Waals surface area (Å²) in [6, 6.07) is 13.2. The van der Waals surface area contributed by atoms with Gasteiger partial charge in [0.15, 0.2) is 0 Å². The Morgan fingerprint density at radius 1 is 0.810 bits per heavy atom. The van der Waals surface area contributed by atoms with Crippen molar-refractivity contribution in [1.29, 1.82) is 21.0 Å². The van der Waals surface area contributed by atoms with E-state index in [9.17, 15) is 21.0 Å². The monoisotopic (exact) mass is 270 g/mol. The maximum Gasteiger partial charge on any atom is 0.102 e. The molecule has 0 radical (unpaired) electrons. The smallest absolute Gasteiger partial charge is 0.102 e. The molecular formula is C17H10N4. The third-order valence-corrected chi connectivity index (χ3v) is 3.39. The van der Waals surface area contributed by atoms with Crippen molar-refractivity contribution in [3.63, 3.8) is 0 Å². The second kappa shape index (κ2) is 5.75. The first-order valence-corrected chi connectivity index (χ1v) is 6.45. The fourth-order valence-electron chi connectivity index (χ4n) is 2.54. The molecule has 2 aromatic carbocycles. The van der Waals surface area contributed by atoms with Crippen LogP contribution in [0.5, 0.6) is 0 Å². The van der Waals surface area contributed by atoms with E-state index in [-0.39, 0.29) is 22.3 Å². The Kier molecular flexibility index (Phi) is 3.85. The van der Waals surface area contributed by atoms with Crippen molar-refractivity contribution >= 4 is 10.8 Å². The number of nitrogens with zero attached hydrogens (tertiary/aromatic N) is 4. The summed E-state index contributed by atoms with van der Waals surface area (Å²) in [4.78, 5) is 0. The standard InChI is InChI=1S/C17H10N4/c1-2-4-11-5-3-6-12-13(7-18)14(8-19)15(9-20)16(10-21)17(11)12/h3,5-6H,2,4H2,1H3. The van der Waals surface area contributed by atoms with Crippen LogP contribution in [0.2, 0.25) is 0 Å². The van der Waals surface area contributed by atoms with Gasteiger partial charge in [-0.1, -0.05) is 31.5 Å². The predicted molar refractivity (Wildman–Crippen MR) is 76.8 cm³/mol. The van der Waals surface area contributed by atoms with E-state index < -0.39 is 0 Å². The zero-order chi connectivity index (χ0) is 15.4. The second-order valence-electron chi connectivity index (χ2n) is 4.54. The summed E-state index contributed by atoms with van der Waals surface area (Å²) < 4.78 is 0. The minimum Gasteiger partial charge on any atom is -0.192 e. The van der Waals surface area contributed by atoms with Crippen molar-refractivity contribution in [2.75, 3.05) is 0 Å². The van der Waals surface area contributed by atoms with Gasteiger partial charge in [0.25, 0.3) is 0 Å². The topological polar surface area (TPSA) is 95.2 Å². The molecule has 0 aliphatic heterocycles. The number of nitriles is 4. The molecular weight excluding hydrogens is 260 g/mol. The molecule has 0 aromatic heterocycles. The van der Waals surface area contributed by atoms with Gasteiger partial charge in [0.1, 0.15) is 24.3 Å². The quantitative estimate of drug-likeness (QED) is 0.836. The van der Waals surface area contributed by atoms with Crippen molar-refractivity contribution in [2.24, 2.45) is 0 Å². The molecule has 0 aliphatic carbocycles. The molecule has 0 fully saturated rings. The molecule has 0 N–H and O–H groups in total. The molecule has 0 unspecified atom stereocenters. The van der Waals surface area contributed by atoms with E-state index >= 15 is 0 Å². The molecule has 0 saturated heterocycles. The molecule has 0 saturated carbocycles. The van der Waals surface area contributed by atoms with Crippen molar-refractivity contribution in [3.05, 3.63) is 46.0 Å². The molecule has 21 heavy (non-hydrogen) atoms. The lowest BCUT2D eigenvalue weighted by atomic mass is 9.87. The van der Waals surface area contributed by atoms with Crippen LogP contribution in [-0.2, 0) is 6.42 Å². The number of rotatable bonds is 2. The Bertz CT molecular complexity index is 896. The summed E-state index contributed by atoms with van der Waals surface area (Å²) in [6.07, 6.45) is 1.63. The zero-order valence-corrected chi connectivity index (χ0v) is 11.4. The van der Waals surface area contributed by atoms with Crippen LogP contribution in [0.3, 0.4) is 0 Å². The third-order valence-electron chi connectivity index (χ3n) is 3.39. The predicted octanol–water partition coefficient (Wildman–Crippen LogP) is 3.28. The number of hydrogen-bond acceptors (Lipinski definition) is 4. The minimum atomic E-state index is -0.0160. The number of fused-ring (bicyclic) bond motifs is 1. The van der Waals surface area contributed by atoms with Gasteiger partial charge in [0, 0.05) is 10.8 Å². The van der Waals surface area contributed by atoms with E-state index in [0.29, 0.717) is 10.8 Å². The highest BCUT2D eigenvalue weighted by atomic mass is 14.3. The molecule has 4 nitrogen and oxygen atoms in total. The van der Waals surface area contributed by atoms with Crippen molar-refractivity contribution in [3.8, 4) is 24.3 Å². The van der Waals surface area contributed by atoms with Gasteiger partial charge in [0.2, 0.25) is 0 Å². The van der Waals surface area contributed by atoms with Crippen molar-refractivity contribution < 1.29 is 0 Å². The molecule has 0 bridgehead atoms. The van der Waals surface area contributed by atoms with Crippen LogP contribution in [0.25, 0.3) is 10.8 Å². The van der Waals surface area contributed by atoms with Crippen LogP contribution in [-0.4, -0.2) is 0 Å². The molecule has 0 heterocycles. The lowest BCUT2D eigenvalue weighted by Crippen LogP contribution is -2.00. The summed E-state index contributed by atoms with van der Waals surface area (Å²) >= 11 is 0. The van der Waals surface area contributed by atoms with Crippen LogP contribution in [0, 0.1) is 45.3 Å². The fraction of sp³-hybridized carbons (Fsp3) is 0.176. The molecule has 2 rings (SSSR count). The Labute approximate surface area is 122 Å². The molecule has 98 valence electrons. The lowest BCUT2D eigenvalue weighted by molar-refractivity contribution is 0.929. The normalized spacial score (nSPS) is 9.38. The van der Waals surface area contributed by atoms with Gasteiger partial charge in [-0.05, 0) is 12.0 Å². The van der Waals surface area contributed by atoms with Crippen molar-refractivity contribution in [1.82, 2.24) is 0 Å². The van der Waals surface area contributed by atoms with E-state index in [1.807, 2.05) is 43.3 Å². The van der Waals surface area contributed by atoms with Crippen molar-refractivity contribution in [2.45, 2.75) is 19.8 Å². The minimum absolute atomic E-state index is 0.00685. The lowest BCUT2D eigenvalue weighted by Gasteiger charge is -2.11. The summed E-state index contributed by atoms with van der Waals surface area (Å²) in [7, 11) is 0. The van der Waals surface area contributed by atoms with Gasteiger partial charge in [-0.2, -0.15) is 21.0 Å². The third kappa shape index (κ3) is 2.06. The SMILES string of the molecule is CCCc1cccc2c(C#N)c(C#N)c(C#N)c(C#N)c12. The number of benzene rings is 2. The fourth-order valence-corrected chi connectivity index (χ4v) is 2.54. The first-order chi connectivity index (χ1) is 10.2. The van der Waals surface area contributed by atoms with Gasteiger partial charge in [-0.3, -0.25) is 0 Å². The van der Waals surface area contributed by atoms with Gasteiger partial charge < -0.3 is 0 Å². The van der Waals surface area contributed by atoms with Crippen LogP contribution in [0.1, 0.15) is 41.2 Å². The summed E-state index contributed by atoms with van der Waals surface area (Å²) in [5, 5.41) is 38.5. The second-order valence-corrected chi connectivity index (χ2v) is 4.54. The molecule has 4 heteroatoms. The van der Waals surface area contributed by atoms with E-state index in [1.165, 1.54) is 0 Å². The average Bonchev–Trinajstić information content (AvgIpc) is 2.52. The highest BCUT2D eigenvalue weighted by molar-refractivity contribution is 5.98. The molecule has 0 spiro atoms. The van der Waals surface area contributed by atoms with Gasteiger partial charge in [-0.15, -0.1) is 0 Å². The van der Waals surface area contributed by atoms with Crippen LogP contribution >= 0.6 is 0 Å².